The summed E-state index contributed by atoms with van der Waals surface area (Å²) in [6, 6.07) is 6.45. The SMILES string of the molecule is OCCCNc1ccnc(Nc2cccc(C(F)(F)F)c2)n1. The van der Waals surface area contributed by atoms with Crippen molar-refractivity contribution in [1.82, 2.24) is 9.97 Å². The van der Waals surface area contributed by atoms with Crippen molar-refractivity contribution in [3.63, 3.8) is 0 Å². The van der Waals surface area contributed by atoms with Gasteiger partial charge < -0.3 is 15.7 Å². The Balaban J connectivity index is 2.09. The molecule has 8 heteroatoms. The number of aliphatic hydroxyl groups excluding tert-OH is 1. The number of nitrogens with one attached hydrogen (secondary N) is 2. The Morgan fingerprint density at radius 3 is 2.73 bits per heavy atom. The summed E-state index contributed by atoms with van der Waals surface area (Å²) in [5.41, 5.74) is -0.489. The highest BCUT2D eigenvalue weighted by atomic mass is 19.4. The fourth-order valence-electron chi connectivity index (χ4n) is 1.72. The molecule has 5 nitrogen and oxygen atoms in total. The largest absolute Gasteiger partial charge is 0.416 e. The average Bonchev–Trinajstić information content (AvgIpc) is 2.47. The molecule has 0 atom stereocenters. The Kier molecular flexibility index (Phi) is 5.16. The van der Waals surface area contributed by atoms with E-state index >= 15 is 0 Å². The van der Waals surface area contributed by atoms with Crippen molar-refractivity contribution < 1.29 is 18.3 Å². The van der Waals surface area contributed by atoms with Gasteiger partial charge in [0.1, 0.15) is 5.82 Å². The van der Waals surface area contributed by atoms with Gasteiger partial charge in [-0.15, -0.1) is 0 Å². The van der Waals surface area contributed by atoms with Crippen LogP contribution in [0.1, 0.15) is 12.0 Å². The van der Waals surface area contributed by atoms with E-state index in [1.54, 1.807) is 6.07 Å². The number of aromatic nitrogens is 2. The van der Waals surface area contributed by atoms with Crippen molar-refractivity contribution >= 4 is 17.5 Å². The van der Waals surface area contributed by atoms with Crippen LogP contribution in [-0.4, -0.2) is 28.2 Å². The number of anilines is 3. The first-order chi connectivity index (χ1) is 10.5. The van der Waals surface area contributed by atoms with E-state index in [1.165, 1.54) is 18.3 Å². The molecule has 0 amide bonds. The maximum Gasteiger partial charge on any atom is 0.416 e. The predicted octanol–water partition coefficient (Wildman–Crippen LogP) is 3.03. The molecule has 0 fully saturated rings. The highest BCUT2D eigenvalue weighted by Gasteiger charge is 2.30. The minimum absolute atomic E-state index is 0.0629. The number of rotatable bonds is 6. The molecule has 0 aliphatic carbocycles. The minimum atomic E-state index is -4.40. The van der Waals surface area contributed by atoms with Crippen molar-refractivity contribution in [3.05, 3.63) is 42.1 Å². The molecule has 1 aromatic carbocycles. The molecule has 0 radical (unpaired) electrons. The summed E-state index contributed by atoms with van der Waals surface area (Å²) in [6.07, 6.45) is -2.34. The Morgan fingerprint density at radius 1 is 1.18 bits per heavy atom. The van der Waals surface area contributed by atoms with Crippen molar-refractivity contribution in [3.8, 4) is 0 Å². The van der Waals surface area contributed by atoms with E-state index in [4.69, 9.17) is 5.11 Å². The molecule has 22 heavy (non-hydrogen) atoms. The van der Waals surface area contributed by atoms with Crippen LogP contribution in [0.2, 0.25) is 0 Å². The van der Waals surface area contributed by atoms with E-state index in [0.717, 1.165) is 12.1 Å². The lowest BCUT2D eigenvalue weighted by Gasteiger charge is -2.10. The maximum atomic E-state index is 12.7. The Labute approximate surface area is 125 Å². The lowest BCUT2D eigenvalue weighted by atomic mass is 10.2. The molecule has 3 N–H and O–H groups in total. The number of aliphatic hydroxyl groups is 1. The van der Waals surface area contributed by atoms with Crippen LogP contribution in [-0.2, 0) is 6.18 Å². The van der Waals surface area contributed by atoms with Crippen LogP contribution in [0.3, 0.4) is 0 Å². The van der Waals surface area contributed by atoms with Crippen molar-refractivity contribution in [2.45, 2.75) is 12.6 Å². The highest BCUT2D eigenvalue weighted by molar-refractivity contribution is 5.56. The van der Waals surface area contributed by atoms with Crippen LogP contribution in [0.4, 0.5) is 30.6 Å². The highest BCUT2D eigenvalue weighted by Crippen LogP contribution is 2.31. The molecule has 0 saturated heterocycles. The minimum Gasteiger partial charge on any atom is -0.396 e. The van der Waals surface area contributed by atoms with Gasteiger partial charge in [0, 0.05) is 25.0 Å². The summed E-state index contributed by atoms with van der Waals surface area (Å²) in [6.45, 7) is 0.601. The Bertz CT molecular complexity index is 619. The monoisotopic (exact) mass is 312 g/mol. The molecular formula is C14H15F3N4O. The second kappa shape index (κ2) is 7.08. The third-order valence-electron chi connectivity index (χ3n) is 2.74. The first-order valence-electron chi connectivity index (χ1n) is 6.61. The van der Waals surface area contributed by atoms with Crippen molar-refractivity contribution in [1.29, 1.82) is 0 Å². The molecule has 2 aromatic rings. The topological polar surface area (TPSA) is 70.1 Å². The summed E-state index contributed by atoms with van der Waals surface area (Å²) >= 11 is 0. The standard InChI is InChI=1S/C14H15F3N4O/c15-14(16,17)10-3-1-4-11(9-10)20-13-19-7-5-12(21-13)18-6-2-8-22/h1,3-5,7,9,22H,2,6,8H2,(H2,18,19,20,21). The zero-order chi connectivity index (χ0) is 16.0. The van der Waals surface area contributed by atoms with Gasteiger partial charge in [0.05, 0.1) is 5.56 Å². The molecule has 118 valence electrons. The fraction of sp³-hybridized carbons (Fsp3) is 0.286. The van der Waals surface area contributed by atoms with Gasteiger partial charge in [-0.1, -0.05) is 6.07 Å². The molecule has 0 saturated carbocycles. The normalized spacial score (nSPS) is 11.3. The van der Waals surface area contributed by atoms with Gasteiger partial charge in [0.15, 0.2) is 0 Å². The molecular weight excluding hydrogens is 297 g/mol. The van der Waals surface area contributed by atoms with Gasteiger partial charge in [-0.3, -0.25) is 0 Å². The average molecular weight is 312 g/mol. The third kappa shape index (κ3) is 4.59. The lowest BCUT2D eigenvalue weighted by Crippen LogP contribution is -2.07. The first-order valence-corrected chi connectivity index (χ1v) is 6.61. The summed E-state index contributed by atoms with van der Waals surface area (Å²) in [5.74, 6) is 0.714. The maximum absolute atomic E-state index is 12.7. The number of hydrogen-bond donors (Lipinski definition) is 3. The fourth-order valence-corrected chi connectivity index (χ4v) is 1.72. The Hall–Kier alpha value is -2.35. The first kappa shape index (κ1) is 16.0. The van der Waals surface area contributed by atoms with E-state index in [0.29, 0.717) is 18.8 Å². The van der Waals surface area contributed by atoms with Gasteiger partial charge in [-0.05, 0) is 30.7 Å². The van der Waals surface area contributed by atoms with Crippen LogP contribution < -0.4 is 10.6 Å². The predicted molar refractivity (Wildman–Crippen MR) is 77.0 cm³/mol. The summed E-state index contributed by atoms with van der Waals surface area (Å²) in [5, 5.41) is 14.4. The molecule has 0 aliphatic heterocycles. The summed E-state index contributed by atoms with van der Waals surface area (Å²) in [4.78, 5) is 8.10. The van der Waals surface area contributed by atoms with Crippen molar-refractivity contribution in [2.75, 3.05) is 23.8 Å². The van der Waals surface area contributed by atoms with Gasteiger partial charge in [-0.2, -0.15) is 18.2 Å². The van der Waals surface area contributed by atoms with Crippen LogP contribution in [0.5, 0.6) is 0 Å². The van der Waals surface area contributed by atoms with Gasteiger partial charge in [0.25, 0.3) is 0 Å². The zero-order valence-electron chi connectivity index (χ0n) is 11.6. The van der Waals surface area contributed by atoms with Crippen LogP contribution in [0.15, 0.2) is 36.5 Å². The third-order valence-corrected chi connectivity index (χ3v) is 2.74. The number of alkyl halides is 3. The quantitative estimate of drug-likeness (QED) is 0.715. The van der Waals surface area contributed by atoms with Gasteiger partial charge >= 0.3 is 6.18 Å². The van der Waals surface area contributed by atoms with E-state index in [1.807, 2.05) is 0 Å². The number of benzene rings is 1. The van der Waals surface area contributed by atoms with Gasteiger partial charge in [0.2, 0.25) is 5.95 Å². The van der Waals surface area contributed by atoms with Crippen LogP contribution >= 0.6 is 0 Å². The molecule has 1 aromatic heterocycles. The van der Waals surface area contributed by atoms with E-state index < -0.39 is 11.7 Å². The summed E-state index contributed by atoms with van der Waals surface area (Å²) in [7, 11) is 0. The number of nitrogens with zero attached hydrogens (tertiary/aromatic N) is 2. The lowest BCUT2D eigenvalue weighted by molar-refractivity contribution is -0.137. The second-order valence-corrected chi connectivity index (χ2v) is 4.47. The molecule has 0 spiro atoms. The van der Waals surface area contributed by atoms with Gasteiger partial charge in [-0.25, -0.2) is 4.98 Å². The molecule has 0 bridgehead atoms. The summed E-state index contributed by atoms with van der Waals surface area (Å²) < 4.78 is 38.0. The number of halogens is 3. The Morgan fingerprint density at radius 2 is 2.00 bits per heavy atom. The molecule has 1 heterocycles. The van der Waals surface area contributed by atoms with Crippen molar-refractivity contribution in [2.24, 2.45) is 0 Å². The van der Waals surface area contributed by atoms with E-state index in [2.05, 4.69) is 20.6 Å². The second-order valence-electron chi connectivity index (χ2n) is 4.47. The van der Waals surface area contributed by atoms with E-state index in [-0.39, 0.29) is 18.2 Å². The smallest absolute Gasteiger partial charge is 0.396 e. The van der Waals surface area contributed by atoms with E-state index in [9.17, 15) is 13.2 Å². The van der Waals surface area contributed by atoms with Crippen LogP contribution in [0, 0.1) is 0 Å². The molecule has 2 rings (SSSR count). The van der Waals surface area contributed by atoms with Crippen LogP contribution in [0.25, 0.3) is 0 Å². The zero-order valence-corrected chi connectivity index (χ0v) is 11.6. The number of hydrogen-bond acceptors (Lipinski definition) is 5. The molecule has 0 aliphatic rings. The molecule has 0 unspecified atom stereocenters.